The van der Waals surface area contributed by atoms with E-state index >= 15 is 0 Å². The molecule has 2 unspecified atom stereocenters. The predicted octanol–water partition coefficient (Wildman–Crippen LogP) is 3.11. The SMILES string of the molecule is COC(=O)C1C(C)=NC(C)=C(C(=O)OCCN(C)Cc2cccnc2)C1c1cccc2c1OCO2. The summed E-state index contributed by atoms with van der Waals surface area (Å²) in [4.78, 5) is 36.9. The van der Waals surface area contributed by atoms with Crippen LogP contribution in [0.15, 0.2) is 59.0 Å². The monoisotopic (exact) mass is 479 g/mol. The highest BCUT2D eigenvalue weighted by molar-refractivity contribution is 6.07. The fourth-order valence-electron chi connectivity index (χ4n) is 4.52. The second-order valence-corrected chi connectivity index (χ2v) is 8.55. The molecule has 0 fully saturated rings. The van der Waals surface area contributed by atoms with E-state index in [0.29, 0.717) is 47.1 Å². The molecule has 2 aromatic rings. The van der Waals surface area contributed by atoms with Crippen LogP contribution in [0.4, 0.5) is 0 Å². The van der Waals surface area contributed by atoms with Crippen molar-refractivity contribution in [2.24, 2.45) is 10.9 Å². The Kier molecular flexibility index (Phi) is 7.45. The molecule has 2 aliphatic heterocycles. The molecule has 2 atom stereocenters. The maximum atomic E-state index is 13.4. The molecule has 4 rings (SSSR count). The van der Waals surface area contributed by atoms with Crippen LogP contribution in [0.25, 0.3) is 0 Å². The fraction of sp³-hybridized carbons (Fsp3) is 0.385. The zero-order valence-electron chi connectivity index (χ0n) is 20.3. The second-order valence-electron chi connectivity index (χ2n) is 8.55. The van der Waals surface area contributed by atoms with Crippen LogP contribution in [0.3, 0.4) is 0 Å². The van der Waals surface area contributed by atoms with E-state index in [1.54, 1.807) is 32.3 Å². The van der Waals surface area contributed by atoms with Crippen LogP contribution in [0, 0.1) is 5.92 Å². The molecule has 0 amide bonds. The molecule has 35 heavy (non-hydrogen) atoms. The number of esters is 2. The Morgan fingerprint density at radius 3 is 2.74 bits per heavy atom. The molecular formula is C26H29N3O6. The molecule has 2 aliphatic rings. The summed E-state index contributed by atoms with van der Waals surface area (Å²) < 4.78 is 22.0. The zero-order valence-corrected chi connectivity index (χ0v) is 20.3. The van der Waals surface area contributed by atoms with Crippen molar-refractivity contribution < 1.29 is 28.5 Å². The highest BCUT2D eigenvalue weighted by Gasteiger charge is 2.44. The third kappa shape index (κ3) is 5.19. The van der Waals surface area contributed by atoms with Crippen LogP contribution in [0.2, 0.25) is 0 Å². The highest BCUT2D eigenvalue weighted by Crippen LogP contribution is 2.47. The molecule has 184 valence electrons. The van der Waals surface area contributed by atoms with Gasteiger partial charge in [-0.15, -0.1) is 0 Å². The summed E-state index contributed by atoms with van der Waals surface area (Å²) in [6.45, 7) is 4.96. The second kappa shape index (κ2) is 10.7. The number of likely N-dealkylation sites (N-methyl/N-ethyl adjacent to an activating group) is 1. The van der Waals surface area contributed by atoms with E-state index in [-0.39, 0.29) is 13.4 Å². The first-order valence-electron chi connectivity index (χ1n) is 11.4. The predicted molar refractivity (Wildman–Crippen MR) is 128 cm³/mol. The molecule has 9 heteroatoms. The maximum Gasteiger partial charge on any atom is 0.336 e. The van der Waals surface area contributed by atoms with Crippen LogP contribution >= 0.6 is 0 Å². The molecule has 0 spiro atoms. The van der Waals surface area contributed by atoms with Crippen LogP contribution in [0.1, 0.15) is 30.9 Å². The van der Waals surface area contributed by atoms with Crippen molar-refractivity contribution in [1.29, 1.82) is 0 Å². The van der Waals surface area contributed by atoms with Gasteiger partial charge in [0.2, 0.25) is 6.79 Å². The third-order valence-corrected chi connectivity index (χ3v) is 6.15. The molecule has 0 radical (unpaired) electrons. The van der Waals surface area contributed by atoms with Gasteiger partial charge in [0.1, 0.15) is 12.5 Å². The lowest BCUT2D eigenvalue weighted by Gasteiger charge is -2.31. The topological polar surface area (TPSA) is 99.5 Å². The molecule has 0 N–H and O–H groups in total. The number of carbonyl (C=O) groups excluding carboxylic acids is 2. The Bertz CT molecular complexity index is 1160. The number of hydrogen-bond acceptors (Lipinski definition) is 9. The van der Waals surface area contributed by atoms with Crippen LogP contribution in [0.5, 0.6) is 11.5 Å². The maximum absolute atomic E-state index is 13.4. The summed E-state index contributed by atoms with van der Waals surface area (Å²) in [6.07, 6.45) is 3.54. The largest absolute Gasteiger partial charge is 0.468 e. The number of para-hydroxylation sites is 1. The average Bonchev–Trinajstić information content (AvgIpc) is 3.33. The lowest BCUT2D eigenvalue weighted by molar-refractivity contribution is -0.144. The van der Waals surface area contributed by atoms with E-state index in [1.165, 1.54) is 7.11 Å². The molecule has 0 saturated carbocycles. The number of carbonyl (C=O) groups is 2. The minimum atomic E-state index is -0.796. The van der Waals surface area contributed by atoms with Crippen molar-refractivity contribution in [1.82, 2.24) is 9.88 Å². The quantitative estimate of drug-likeness (QED) is 0.533. The summed E-state index contributed by atoms with van der Waals surface area (Å²) in [6, 6.07) is 9.30. The number of pyridine rings is 1. The van der Waals surface area contributed by atoms with E-state index in [0.717, 1.165) is 5.56 Å². The van der Waals surface area contributed by atoms with Gasteiger partial charge in [-0.3, -0.25) is 19.7 Å². The van der Waals surface area contributed by atoms with Crippen LogP contribution in [-0.4, -0.2) is 61.6 Å². The van der Waals surface area contributed by atoms with Crippen molar-refractivity contribution in [2.75, 3.05) is 34.1 Å². The van der Waals surface area contributed by atoms with Gasteiger partial charge in [-0.1, -0.05) is 18.2 Å². The Morgan fingerprint density at radius 1 is 1.17 bits per heavy atom. The smallest absolute Gasteiger partial charge is 0.336 e. The molecule has 9 nitrogen and oxygen atoms in total. The van der Waals surface area contributed by atoms with E-state index in [1.807, 2.05) is 36.2 Å². The fourth-order valence-corrected chi connectivity index (χ4v) is 4.52. The Morgan fingerprint density at radius 2 is 2.00 bits per heavy atom. The van der Waals surface area contributed by atoms with Gasteiger partial charge in [0.15, 0.2) is 11.5 Å². The Labute approximate surface area is 204 Å². The lowest BCUT2D eigenvalue weighted by Crippen LogP contribution is -2.36. The molecular weight excluding hydrogens is 450 g/mol. The Hall–Kier alpha value is -3.72. The van der Waals surface area contributed by atoms with E-state index < -0.39 is 23.8 Å². The van der Waals surface area contributed by atoms with Crippen LogP contribution in [-0.2, 0) is 25.6 Å². The van der Waals surface area contributed by atoms with Crippen molar-refractivity contribution in [2.45, 2.75) is 26.3 Å². The zero-order chi connectivity index (χ0) is 24.9. The number of rotatable bonds is 8. The molecule has 1 aromatic heterocycles. The number of aliphatic imine (C=N–C) groups is 1. The summed E-state index contributed by atoms with van der Waals surface area (Å²) >= 11 is 0. The number of ether oxygens (including phenoxy) is 4. The minimum Gasteiger partial charge on any atom is -0.468 e. The normalized spacial score (nSPS) is 18.9. The number of nitrogens with zero attached hydrogens (tertiary/aromatic N) is 3. The Balaban J connectivity index is 1.57. The van der Waals surface area contributed by atoms with Gasteiger partial charge in [-0.25, -0.2) is 4.79 Å². The van der Waals surface area contributed by atoms with Crippen molar-refractivity contribution in [3.8, 4) is 11.5 Å². The van der Waals surface area contributed by atoms with Crippen LogP contribution < -0.4 is 9.47 Å². The highest BCUT2D eigenvalue weighted by atomic mass is 16.7. The number of hydrogen-bond donors (Lipinski definition) is 0. The van der Waals surface area contributed by atoms with E-state index in [2.05, 4.69) is 9.98 Å². The first kappa shape index (κ1) is 24.4. The minimum absolute atomic E-state index is 0.0702. The van der Waals surface area contributed by atoms with Gasteiger partial charge in [0, 0.05) is 48.4 Å². The standard InChI is InChI=1S/C26H29N3O6/c1-16-21(25(30)32-4)23(19-8-5-9-20-24(19)35-15-34-20)22(17(2)28-16)26(31)33-12-11-29(3)14-18-7-6-10-27-13-18/h5-10,13,21,23H,11-12,14-15H2,1-4H3. The summed E-state index contributed by atoms with van der Waals surface area (Å²) in [7, 11) is 3.27. The van der Waals surface area contributed by atoms with Crippen molar-refractivity contribution in [3.05, 3.63) is 65.1 Å². The summed E-state index contributed by atoms with van der Waals surface area (Å²) in [5.74, 6) is -1.41. The van der Waals surface area contributed by atoms with E-state index in [4.69, 9.17) is 18.9 Å². The first-order chi connectivity index (χ1) is 16.9. The molecule has 1 aromatic carbocycles. The number of allylic oxidation sites excluding steroid dienone is 1. The molecule has 0 saturated heterocycles. The molecule has 3 heterocycles. The van der Waals surface area contributed by atoms with Gasteiger partial charge in [0.05, 0.1) is 12.7 Å². The van der Waals surface area contributed by atoms with Gasteiger partial charge in [-0.2, -0.15) is 0 Å². The lowest BCUT2D eigenvalue weighted by atomic mass is 9.75. The van der Waals surface area contributed by atoms with Crippen molar-refractivity contribution >= 4 is 17.7 Å². The van der Waals surface area contributed by atoms with E-state index in [9.17, 15) is 9.59 Å². The molecule has 0 bridgehead atoms. The first-order valence-corrected chi connectivity index (χ1v) is 11.4. The summed E-state index contributed by atoms with van der Waals surface area (Å²) in [5.41, 5.74) is 3.09. The number of aromatic nitrogens is 1. The van der Waals surface area contributed by atoms with Crippen molar-refractivity contribution in [3.63, 3.8) is 0 Å². The van der Waals surface area contributed by atoms with Gasteiger partial charge < -0.3 is 18.9 Å². The number of benzene rings is 1. The molecule has 0 aliphatic carbocycles. The van der Waals surface area contributed by atoms with Gasteiger partial charge in [0.25, 0.3) is 0 Å². The number of methoxy groups -OCH3 is 1. The van der Waals surface area contributed by atoms with Gasteiger partial charge >= 0.3 is 11.9 Å². The third-order valence-electron chi connectivity index (χ3n) is 6.15. The summed E-state index contributed by atoms with van der Waals surface area (Å²) in [5, 5.41) is 0. The van der Waals surface area contributed by atoms with Gasteiger partial charge in [-0.05, 0) is 38.6 Å². The number of fused-ring (bicyclic) bond motifs is 1. The average molecular weight is 480 g/mol.